The standard InChI is InChI=1S/C11H19NO3/c1-3-10(13)8-6-4-5-7-9(8)12-11(14)15-2/h8-9H,3-7H2,1-2H3,(H,12,14)/t8?,9-/m1/s1. The van der Waals surface area contributed by atoms with Crippen LogP contribution in [0, 0.1) is 5.92 Å². The molecular weight excluding hydrogens is 194 g/mol. The first-order chi connectivity index (χ1) is 7.19. The second kappa shape index (κ2) is 5.73. The van der Waals surface area contributed by atoms with Crippen LogP contribution in [0.3, 0.4) is 0 Å². The van der Waals surface area contributed by atoms with E-state index >= 15 is 0 Å². The van der Waals surface area contributed by atoms with E-state index in [9.17, 15) is 9.59 Å². The molecule has 1 amide bonds. The molecule has 0 aromatic rings. The molecule has 0 saturated heterocycles. The van der Waals surface area contributed by atoms with Crippen molar-refractivity contribution in [2.75, 3.05) is 7.11 Å². The molecule has 2 atom stereocenters. The lowest BCUT2D eigenvalue weighted by Crippen LogP contribution is -2.44. The fourth-order valence-corrected chi connectivity index (χ4v) is 2.16. The fourth-order valence-electron chi connectivity index (χ4n) is 2.16. The van der Waals surface area contributed by atoms with Crippen LogP contribution in [-0.4, -0.2) is 25.0 Å². The molecule has 0 spiro atoms. The summed E-state index contributed by atoms with van der Waals surface area (Å²) in [6, 6.07) is -0.0290. The van der Waals surface area contributed by atoms with Crippen LogP contribution >= 0.6 is 0 Å². The zero-order valence-corrected chi connectivity index (χ0v) is 9.41. The van der Waals surface area contributed by atoms with Crippen molar-refractivity contribution < 1.29 is 14.3 Å². The average Bonchev–Trinajstić information content (AvgIpc) is 2.28. The number of hydrogen-bond acceptors (Lipinski definition) is 3. The smallest absolute Gasteiger partial charge is 0.407 e. The van der Waals surface area contributed by atoms with Gasteiger partial charge in [-0.05, 0) is 12.8 Å². The lowest BCUT2D eigenvalue weighted by Gasteiger charge is -2.30. The summed E-state index contributed by atoms with van der Waals surface area (Å²) >= 11 is 0. The highest BCUT2D eigenvalue weighted by Gasteiger charge is 2.30. The third-order valence-corrected chi connectivity index (χ3v) is 3.02. The molecule has 1 saturated carbocycles. The highest BCUT2D eigenvalue weighted by Crippen LogP contribution is 2.26. The molecule has 4 nitrogen and oxygen atoms in total. The van der Waals surface area contributed by atoms with Gasteiger partial charge in [0.25, 0.3) is 0 Å². The third-order valence-electron chi connectivity index (χ3n) is 3.02. The van der Waals surface area contributed by atoms with Gasteiger partial charge in [-0.2, -0.15) is 0 Å². The molecule has 1 aliphatic rings. The SMILES string of the molecule is CCC(=O)C1CCCC[C@H]1NC(=O)OC. The number of ketones is 1. The van der Waals surface area contributed by atoms with Crippen LogP contribution in [0.15, 0.2) is 0 Å². The highest BCUT2D eigenvalue weighted by molar-refractivity contribution is 5.82. The Morgan fingerprint density at radius 1 is 1.33 bits per heavy atom. The molecule has 1 aliphatic carbocycles. The quantitative estimate of drug-likeness (QED) is 0.778. The maximum absolute atomic E-state index is 11.7. The van der Waals surface area contributed by atoms with Crippen molar-refractivity contribution in [1.82, 2.24) is 5.32 Å². The Kier molecular flexibility index (Phi) is 4.59. The van der Waals surface area contributed by atoms with Crippen LogP contribution < -0.4 is 5.32 Å². The van der Waals surface area contributed by atoms with Crippen molar-refractivity contribution in [3.05, 3.63) is 0 Å². The number of amides is 1. The molecule has 0 bridgehead atoms. The lowest BCUT2D eigenvalue weighted by atomic mass is 9.81. The van der Waals surface area contributed by atoms with Gasteiger partial charge in [-0.1, -0.05) is 19.8 Å². The first-order valence-corrected chi connectivity index (χ1v) is 5.56. The molecule has 1 unspecified atom stereocenters. The molecule has 0 aromatic carbocycles. The number of alkyl carbamates (subject to hydrolysis) is 1. The van der Waals surface area contributed by atoms with E-state index < -0.39 is 6.09 Å². The molecule has 4 heteroatoms. The number of rotatable bonds is 3. The zero-order chi connectivity index (χ0) is 11.3. The summed E-state index contributed by atoms with van der Waals surface area (Å²) in [4.78, 5) is 22.7. The minimum Gasteiger partial charge on any atom is -0.453 e. The van der Waals surface area contributed by atoms with Gasteiger partial charge in [0.15, 0.2) is 0 Å². The lowest BCUT2D eigenvalue weighted by molar-refractivity contribution is -0.124. The van der Waals surface area contributed by atoms with Crippen LogP contribution in [0.4, 0.5) is 4.79 Å². The maximum Gasteiger partial charge on any atom is 0.407 e. The number of carbonyl (C=O) groups is 2. The third kappa shape index (κ3) is 3.22. The van der Waals surface area contributed by atoms with Crippen molar-refractivity contribution >= 4 is 11.9 Å². The Balaban J connectivity index is 2.57. The molecule has 1 fully saturated rings. The monoisotopic (exact) mass is 213 g/mol. The van der Waals surface area contributed by atoms with Gasteiger partial charge in [0.1, 0.15) is 5.78 Å². The summed E-state index contributed by atoms with van der Waals surface area (Å²) in [7, 11) is 1.34. The molecule has 15 heavy (non-hydrogen) atoms. The van der Waals surface area contributed by atoms with E-state index in [2.05, 4.69) is 10.1 Å². The Labute approximate surface area is 90.4 Å². The Morgan fingerprint density at radius 3 is 2.60 bits per heavy atom. The number of carbonyl (C=O) groups excluding carboxylic acids is 2. The molecule has 86 valence electrons. The second-order valence-corrected chi connectivity index (χ2v) is 3.95. The normalized spacial score (nSPS) is 25.7. The van der Waals surface area contributed by atoms with E-state index in [0.717, 1.165) is 25.7 Å². The number of nitrogens with one attached hydrogen (secondary N) is 1. The van der Waals surface area contributed by atoms with Gasteiger partial charge < -0.3 is 10.1 Å². The molecule has 0 aliphatic heterocycles. The van der Waals surface area contributed by atoms with E-state index in [0.29, 0.717) is 6.42 Å². The van der Waals surface area contributed by atoms with Gasteiger partial charge in [0, 0.05) is 18.4 Å². The Morgan fingerprint density at radius 2 is 2.00 bits per heavy atom. The van der Waals surface area contributed by atoms with Gasteiger partial charge in [-0.3, -0.25) is 4.79 Å². The topological polar surface area (TPSA) is 55.4 Å². The van der Waals surface area contributed by atoms with Gasteiger partial charge >= 0.3 is 6.09 Å². The van der Waals surface area contributed by atoms with E-state index in [1.54, 1.807) is 0 Å². The van der Waals surface area contributed by atoms with E-state index in [-0.39, 0.29) is 17.7 Å². The van der Waals surface area contributed by atoms with Crippen LogP contribution in [-0.2, 0) is 9.53 Å². The Bertz CT molecular complexity index is 240. The molecular formula is C11H19NO3. The number of ether oxygens (including phenoxy) is 1. The van der Waals surface area contributed by atoms with Crippen LogP contribution in [0.2, 0.25) is 0 Å². The van der Waals surface area contributed by atoms with Gasteiger partial charge in [0.05, 0.1) is 7.11 Å². The van der Waals surface area contributed by atoms with Crippen molar-refractivity contribution in [3.8, 4) is 0 Å². The molecule has 0 aromatic heterocycles. The van der Waals surface area contributed by atoms with Gasteiger partial charge in [-0.25, -0.2) is 4.79 Å². The maximum atomic E-state index is 11.7. The summed E-state index contributed by atoms with van der Waals surface area (Å²) in [6.07, 6.45) is 4.03. The van der Waals surface area contributed by atoms with Gasteiger partial charge in [-0.15, -0.1) is 0 Å². The van der Waals surface area contributed by atoms with Crippen molar-refractivity contribution in [3.63, 3.8) is 0 Å². The summed E-state index contributed by atoms with van der Waals surface area (Å²) in [5.41, 5.74) is 0. The zero-order valence-electron chi connectivity index (χ0n) is 9.41. The molecule has 0 heterocycles. The predicted octanol–water partition coefficient (Wildman–Crippen LogP) is 1.88. The number of Topliss-reactive ketones (excluding diaryl/α,β-unsaturated/α-hetero) is 1. The predicted molar refractivity (Wildman–Crippen MR) is 56.6 cm³/mol. The fraction of sp³-hybridized carbons (Fsp3) is 0.818. The molecule has 1 rings (SSSR count). The van der Waals surface area contributed by atoms with Gasteiger partial charge in [0.2, 0.25) is 0 Å². The largest absolute Gasteiger partial charge is 0.453 e. The summed E-state index contributed by atoms with van der Waals surface area (Å²) in [5, 5.41) is 2.75. The van der Waals surface area contributed by atoms with Crippen LogP contribution in [0.5, 0.6) is 0 Å². The summed E-state index contributed by atoms with van der Waals surface area (Å²) in [6.45, 7) is 1.87. The molecule has 1 N–H and O–H groups in total. The second-order valence-electron chi connectivity index (χ2n) is 3.95. The number of methoxy groups -OCH3 is 1. The summed E-state index contributed by atoms with van der Waals surface area (Å²) in [5.74, 6) is 0.235. The summed E-state index contributed by atoms with van der Waals surface area (Å²) < 4.78 is 4.55. The van der Waals surface area contributed by atoms with Crippen LogP contribution in [0.1, 0.15) is 39.0 Å². The van der Waals surface area contributed by atoms with Crippen molar-refractivity contribution in [2.45, 2.75) is 45.1 Å². The van der Waals surface area contributed by atoms with Crippen molar-refractivity contribution in [1.29, 1.82) is 0 Å². The van der Waals surface area contributed by atoms with E-state index in [4.69, 9.17) is 0 Å². The number of hydrogen-bond donors (Lipinski definition) is 1. The minimum atomic E-state index is -0.434. The Hall–Kier alpha value is -1.06. The first-order valence-electron chi connectivity index (χ1n) is 5.56. The first kappa shape index (κ1) is 12.0. The highest BCUT2D eigenvalue weighted by atomic mass is 16.5. The van der Waals surface area contributed by atoms with Crippen molar-refractivity contribution in [2.24, 2.45) is 5.92 Å². The average molecular weight is 213 g/mol. The van der Waals surface area contributed by atoms with E-state index in [1.165, 1.54) is 7.11 Å². The van der Waals surface area contributed by atoms with Crippen LogP contribution in [0.25, 0.3) is 0 Å². The van der Waals surface area contributed by atoms with E-state index in [1.807, 2.05) is 6.92 Å². The minimum absolute atomic E-state index is 0.0112. The molecule has 0 radical (unpaired) electrons.